The first kappa shape index (κ1) is 11.9. The minimum absolute atomic E-state index is 0.0442. The molecule has 0 spiro atoms. The zero-order valence-corrected chi connectivity index (χ0v) is 10.3. The van der Waals surface area contributed by atoms with Crippen molar-refractivity contribution in [1.29, 1.82) is 0 Å². The monoisotopic (exact) mass is 250 g/mol. The van der Waals surface area contributed by atoms with Crippen LogP contribution in [-0.4, -0.2) is 16.7 Å². The van der Waals surface area contributed by atoms with Crippen LogP contribution in [0.5, 0.6) is 5.75 Å². The molecule has 4 nitrogen and oxygen atoms in total. The van der Waals surface area contributed by atoms with Gasteiger partial charge in [0.1, 0.15) is 5.75 Å². The van der Waals surface area contributed by atoms with Crippen LogP contribution in [0.25, 0.3) is 11.3 Å². The molecule has 0 radical (unpaired) electrons. The van der Waals surface area contributed by atoms with Gasteiger partial charge in [-0.1, -0.05) is 11.3 Å². The Labute approximate surface area is 104 Å². The van der Waals surface area contributed by atoms with E-state index in [2.05, 4.69) is 4.98 Å². The van der Waals surface area contributed by atoms with E-state index in [1.165, 1.54) is 11.3 Å². The van der Waals surface area contributed by atoms with E-state index in [4.69, 9.17) is 10.5 Å². The molecule has 3 N–H and O–H groups in total. The van der Waals surface area contributed by atoms with E-state index in [-0.39, 0.29) is 6.61 Å². The van der Waals surface area contributed by atoms with Gasteiger partial charge in [0.15, 0.2) is 5.13 Å². The van der Waals surface area contributed by atoms with E-state index >= 15 is 0 Å². The Balaban J connectivity index is 2.32. The molecule has 0 aliphatic rings. The summed E-state index contributed by atoms with van der Waals surface area (Å²) in [4.78, 5) is 5.01. The van der Waals surface area contributed by atoms with Crippen LogP contribution in [-0.2, 0) is 6.61 Å². The minimum atomic E-state index is -0.0442. The number of benzene rings is 1. The fraction of sp³-hybridized carbons (Fsp3) is 0.250. The molecule has 0 aliphatic carbocycles. The topological polar surface area (TPSA) is 68.4 Å². The molecule has 1 heterocycles. The molecule has 0 fully saturated rings. The van der Waals surface area contributed by atoms with Crippen molar-refractivity contribution in [3.05, 3.63) is 29.1 Å². The molecule has 0 amide bonds. The average molecular weight is 250 g/mol. The van der Waals surface area contributed by atoms with Crippen LogP contribution in [0.3, 0.4) is 0 Å². The highest BCUT2D eigenvalue weighted by Crippen LogP contribution is 2.30. The number of aliphatic hydroxyl groups is 1. The lowest BCUT2D eigenvalue weighted by atomic mass is 10.1. The number of nitrogens with two attached hydrogens (primary N) is 1. The summed E-state index contributed by atoms with van der Waals surface area (Å²) in [5.41, 5.74) is 7.33. The van der Waals surface area contributed by atoms with Crippen molar-refractivity contribution in [3.63, 3.8) is 0 Å². The fourth-order valence-corrected chi connectivity index (χ4v) is 2.29. The summed E-state index contributed by atoms with van der Waals surface area (Å²) in [6, 6.07) is 7.60. The Kier molecular flexibility index (Phi) is 3.61. The molecule has 1 aromatic heterocycles. The average Bonchev–Trinajstić information content (AvgIpc) is 2.72. The Morgan fingerprint density at radius 3 is 2.65 bits per heavy atom. The lowest BCUT2D eigenvalue weighted by Crippen LogP contribution is -1.91. The van der Waals surface area contributed by atoms with E-state index in [1.54, 1.807) is 0 Å². The molecule has 2 rings (SSSR count). The number of hydrogen-bond acceptors (Lipinski definition) is 5. The van der Waals surface area contributed by atoms with Crippen molar-refractivity contribution < 1.29 is 9.84 Å². The van der Waals surface area contributed by atoms with Crippen molar-refractivity contribution >= 4 is 16.5 Å². The van der Waals surface area contributed by atoms with Crippen LogP contribution in [0, 0.1) is 0 Å². The maximum Gasteiger partial charge on any atom is 0.180 e. The lowest BCUT2D eigenvalue weighted by Gasteiger charge is -2.04. The first-order chi connectivity index (χ1) is 8.24. The van der Waals surface area contributed by atoms with Crippen LogP contribution < -0.4 is 10.5 Å². The number of thiazole rings is 1. The molecule has 0 atom stereocenters. The second-order valence-corrected chi connectivity index (χ2v) is 4.55. The van der Waals surface area contributed by atoms with Crippen LogP contribution in [0.15, 0.2) is 24.3 Å². The molecule has 0 unspecified atom stereocenters. The van der Waals surface area contributed by atoms with Gasteiger partial charge < -0.3 is 15.6 Å². The molecular weight excluding hydrogens is 236 g/mol. The zero-order valence-electron chi connectivity index (χ0n) is 9.51. The van der Waals surface area contributed by atoms with Crippen molar-refractivity contribution in [2.24, 2.45) is 0 Å². The van der Waals surface area contributed by atoms with Crippen LogP contribution in [0.4, 0.5) is 5.13 Å². The quantitative estimate of drug-likeness (QED) is 0.873. The van der Waals surface area contributed by atoms with E-state index in [1.807, 2.05) is 31.2 Å². The number of ether oxygens (including phenoxy) is 1. The van der Waals surface area contributed by atoms with Gasteiger partial charge in [-0.2, -0.15) is 0 Å². The zero-order chi connectivity index (χ0) is 12.3. The predicted molar refractivity (Wildman–Crippen MR) is 69.1 cm³/mol. The molecule has 5 heteroatoms. The number of nitrogen functional groups attached to an aromatic ring is 1. The lowest BCUT2D eigenvalue weighted by molar-refractivity contribution is 0.286. The fourth-order valence-electron chi connectivity index (χ4n) is 1.58. The molecular formula is C12H14N2O2S. The molecule has 0 saturated heterocycles. The number of hydrogen-bond donors (Lipinski definition) is 2. The second-order valence-electron chi connectivity index (χ2n) is 3.44. The smallest absolute Gasteiger partial charge is 0.180 e. The maximum atomic E-state index is 9.22. The SMILES string of the molecule is CCOc1ccc(-c2nc(N)sc2CO)cc1. The van der Waals surface area contributed by atoms with Crippen LogP contribution in [0.2, 0.25) is 0 Å². The molecule has 0 aliphatic heterocycles. The number of aliphatic hydroxyl groups excluding tert-OH is 1. The minimum Gasteiger partial charge on any atom is -0.494 e. The van der Waals surface area contributed by atoms with E-state index in [0.717, 1.165) is 21.9 Å². The van der Waals surface area contributed by atoms with E-state index < -0.39 is 0 Å². The van der Waals surface area contributed by atoms with E-state index in [0.29, 0.717) is 11.7 Å². The molecule has 2 aromatic rings. The van der Waals surface area contributed by atoms with Gasteiger partial charge in [0.05, 0.1) is 23.8 Å². The largest absolute Gasteiger partial charge is 0.494 e. The Morgan fingerprint density at radius 2 is 2.06 bits per heavy atom. The molecule has 1 aromatic carbocycles. The Morgan fingerprint density at radius 1 is 1.35 bits per heavy atom. The summed E-state index contributed by atoms with van der Waals surface area (Å²) in [5, 5.41) is 9.69. The van der Waals surface area contributed by atoms with Gasteiger partial charge in [-0.05, 0) is 31.2 Å². The Bertz CT molecular complexity index is 494. The van der Waals surface area contributed by atoms with Crippen LogP contribution >= 0.6 is 11.3 Å². The molecule has 90 valence electrons. The van der Waals surface area contributed by atoms with Gasteiger partial charge in [-0.15, -0.1) is 0 Å². The number of nitrogens with zero attached hydrogens (tertiary/aromatic N) is 1. The highest BCUT2D eigenvalue weighted by atomic mass is 32.1. The molecule has 0 saturated carbocycles. The highest BCUT2D eigenvalue weighted by molar-refractivity contribution is 7.15. The summed E-state index contributed by atoms with van der Waals surface area (Å²) in [6.07, 6.45) is 0. The third kappa shape index (κ3) is 2.57. The molecule has 17 heavy (non-hydrogen) atoms. The van der Waals surface area contributed by atoms with Gasteiger partial charge >= 0.3 is 0 Å². The van der Waals surface area contributed by atoms with Gasteiger partial charge in [0.2, 0.25) is 0 Å². The maximum absolute atomic E-state index is 9.22. The molecule has 0 bridgehead atoms. The van der Waals surface area contributed by atoms with Gasteiger partial charge in [-0.3, -0.25) is 0 Å². The number of aromatic nitrogens is 1. The predicted octanol–water partition coefficient (Wildman–Crippen LogP) is 2.28. The van der Waals surface area contributed by atoms with Crippen molar-refractivity contribution in [1.82, 2.24) is 4.98 Å². The highest BCUT2D eigenvalue weighted by Gasteiger charge is 2.10. The summed E-state index contributed by atoms with van der Waals surface area (Å²) >= 11 is 1.31. The van der Waals surface area contributed by atoms with Gasteiger partial charge in [-0.25, -0.2) is 4.98 Å². The summed E-state index contributed by atoms with van der Waals surface area (Å²) in [5.74, 6) is 0.824. The van der Waals surface area contributed by atoms with E-state index in [9.17, 15) is 5.11 Å². The normalized spacial score (nSPS) is 10.5. The first-order valence-electron chi connectivity index (χ1n) is 5.34. The van der Waals surface area contributed by atoms with Crippen LogP contribution in [0.1, 0.15) is 11.8 Å². The second kappa shape index (κ2) is 5.16. The summed E-state index contributed by atoms with van der Waals surface area (Å²) in [6.45, 7) is 2.54. The number of anilines is 1. The van der Waals surface area contributed by atoms with Gasteiger partial charge in [0, 0.05) is 5.56 Å². The summed E-state index contributed by atoms with van der Waals surface area (Å²) < 4.78 is 5.37. The van der Waals surface area contributed by atoms with Crippen molar-refractivity contribution in [2.45, 2.75) is 13.5 Å². The Hall–Kier alpha value is -1.59. The van der Waals surface area contributed by atoms with Crippen molar-refractivity contribution in [2.75, 3.05) is 12.3 Å². The number of rotatable bonds is 4. The van der Waals surface area contributed by atoms with Crippen molar-refractivity contribution in [3.8, 4) is 17.0 Å². The third-order valence-electron chi connectivity index (χ3n) is 2.30. The summed E-state index contributed by atoms with van der Waals surface area (Å²) in [7, 11) is 0. The third-order valence-corrected chi connectivity index (χ3v) is 3.17. The van der Waals surface area contributed by atoms with Gasteiger partial charge in [0.25, 0.3) is 0 Å². The first-order valence-corrected chi connectivity index (χ1v) is 6.15. The standard InChI is InChI=1S/C12H14N2O2S/c1-2-16-9-5-3-8(4-6-9)11-10(7-15)17-12(13)14-11/h3-6,15H,2,7H2,1H3,(H2,13,14).